The number of hydrogen-bond donors (Lipinski definition) is 3. The molecule has 10 nitrogen and oxygen atoms in total. The van der Waals surface area contributed by atoms with E-state index in [1.807, 2.05) is 38.1 Å². The third kappa shape index (κ3) is 6.06. The van der Waals surface area contributed by atoms with Gasteiger partial charge in [-0.15, -0.1) is 0 Å². The van der Waals surface area contributed by atoms with Gasteiger partial charge in [-0.2, -0.15) is 5.26 Å². The van der Waals surface area contributed by atoms with Gasteiger partial charge in [-0.3, -0.25) is 9.78 Å². The summed E-state index contributed by atoms with van der Waals surface area (Å²) in [4.78, 5) is 30.1. The second-order valence-corrected chi connectivity index (χ2v) is 11.4. The molecule has 230 valence electrons. The highest BCUT2D eigenvalue weighted by Crippen LogP contribution is 2.38. The second-order valence-electron chi connectivity index (χ2n) is 11.4. The van der Waals surface area contributed by atoms with Crippen molar-refractivity contribution in [3.63, 3.8) is 0 Å². The summed E-state index contributed by atoms with van der Waals surface area (Å²) < 4.78 is 6.13. The van der Waals surface area contributed by atoms with Gasteiger partial charge in [0.25, 0.3) is 0 Å². The normalized spacial score (nSPS) is 13.9. The number of fused-ring (bicyclic) bond motifs is 2. The molecule has 3 aromatic heterocycles. The number of benzene rings is 2. The largest absolute Gasteiger partial charge is 0.435 e. The molecule has 0 aliphatic heterocycles. The Morgan fingerprint density at radius 3 is 2.76 bits per heavy atom. The summed E-state index contributed by atoms with van der Waals surface area (Å²) in [6.07, 6.45) is 9.00. The van der Waals surface area contributed by atoms with Crippen molar-refractivity contribution in [1.82, 2.24) is 25.3 Å². The van der Waals surface area contributed by atoms with Crippen molar-refractivity contribution in [3.05, 3.63) is 106 Å². The smallest absolute Gasteiger partial charge is 0.227 e. The number of oxazole rings is 1. The minimum atomic E-state index is -0.430. The topological polar surface area (TPSA) is 150 Å². The summed E-state index contributed by atoms with van der Waals surface area (Å²) in [5, 5.41) is 25.9. The monoisotopic (exact) mass is 611 g/mol. The number of nitrogens with zero attached hydrogens (tertiary/aromatic N) is 5. The number of aryl methyl sites for hydroxylation is 1. The van der Waals surface area contributed by atoms with Crippen LogP contribution in [-0.4, -0.2) is 44.0 Å². The van der Waals surface area contributed by atoms with Gasteiger partial charge in [0.2, 0.25) is 5.89 Å². The van der Waals surface area contributed by atoms with Crippen LogP contribution in [0, 0.1) is 25.2 Å². The van der Waals surface area contributed by atoms with E-state index in [0.29, 0.717) is 65.5 Å². The van der Waals surface area contributed by atoms with E-state index in [2.05, 4.69) is 51.8 Å². The van der Waals surface area contributed by atoms with Crippen molar-refractivity contribution in [2.24, 2.45) is 0 Å². The minimum Gasteiger partial charge on any atom is -0.435 e. The van der Waals surface area contributed by atoms with Gasteiger partial charge in [0, 0.05) is 36.1 Å². The lowest BCUT2D eigenvalue weighted by Gasteiger charge is -2.17. The first-order valence-corrected chi connectivity index (χ1v) is 15.0. The van der Waals surface area contributed by atoms with Crippen molar-refractivity contribution in [3.8, 4) is 6.07 Å². The van der Waals surface area contributed by atoms with E-state index < -0.39 is 6.10 Å². The van der Waals surface area contributed by atoms with Gasteiger partial charge >= 0.3 is 0 Å². The number of aldehydes is 1. The maximum atomic E-state index is 11.4. The van der Waals surface area contributed by atoms with Crippen molar-refractivity contribution in [1.29, 1.82) is 5.26 Å². The zero-order valence-corrected chi connectivity index (χ0v) is 26.0. The molecule has 0 saturated carbocycles. The van der Waals surface area contributed by atoms with Crippen LogP contribution >= 0.6 is 0 Å². The maximum absolute atomic E-state index is 11.4. The number of carbonyl (C=O) groups is 1. The zero-order valence-electron chi connectivity index (χ0n) is 26.0. The van der Waals surface area contributed by atoms with E-state index in [1.165, 1.54) is 6.07 Å². The van der Waals surface area contributed by atoms with E-state index in [9.17, 15) is 15.2 Å². The first-order chi connectivity index (χ1) is 22.2. The molecular weight excluding hydrogens is 578 g/mol. The van der Waals surface area contributed by atoms with Gasteiger partial charge in [-0.05, 0) is 86.2 Å². The Morgan fingerprint density at radius 1 is 1.13 bits per heavy atom. The highest BCUT2D eigenvalue weighted by molar-refractivity contribution is 5.95. The fraction of sp³-hybridized carbons (Fsp3) is 0.222. The number of allylic oxidation sites excluding steroid dienone is 6. The third-order valence-electron chi connectivity index (χ3n) is 7.90. The molecule has 0 spiro atoms. The van der Waals surface area contributed by atoms with Gasteiger partial charge in [0.15, 0.2) is 11.4 Å². The summed E-state index contributed by atoms with van der Waals surface area (Å²) >= 11 is 0. The predicted molar refractivity (Wildman–Crippen MR) is 178 cm³/mol. The van der Waals surface area contributed by atoms with Crippen LogP contribution in [0.5, 0.6) is 0 Å². The fourth-order valence-corrected chi connectivity index (χ4v) is 5.64. The minimum absolute atomic E-state index is 0.269. The molecule has 0 fully saturated rings. The lowest BCUT2D eigenvalue weighted by atomic mass is 9.91. The molecular formula is C36H33N7O3. The van der Waals surface area contributed by atoms with E-state index >= 15 is 0 Å². The summed E-state index contributed by atoms with van der Waals surface area (Å²) in [5.74, 6) is 1.63. The molecule has 1 aliphatic carbocycles. The SMILES string of the molecule is CC1=C(c2nc3cc(C=O)cc(C#N)c3o2)C=CCC=C1c1cccc(Nc2nc(C)nc3cc(CNCC(C)O)cnc23)c1C. The first-order valence-electron chi connectivity index (χ1n) is 15.0. The van der Waals surface area contributed by atoms with Crippen molar-refractivity contribution < 1.29 is 14.3 Å². The first kappa shape index (κ1) is 30.5. The standard InChI is InChI=1S/C36H33N7O3/c1-20(45)16-38-17-25-14-31-33(39-18-25)35(41-23(4)40-31)42-30-11-7-10-28(22(30)3)27-8-5-6-9-29(21(27)2)36-43-32-13-24(19-44)12-26(15-37)34(32)46-36/h6-14,18-20,38,45H,5,16-17H2,1-4H3,(H,40,41,42). The molecule has 6 rings (SSSR count). The number of carbonyl (C=O) groups excluding carboxylic acids is 1. The van der Waals surface area contributed by atoms with Gasteiger partial charge in [-0.1, -0.05) is 30.4 Å². The van der Waals surface area contributed by atoms with Crippen LogP contribution in [0.3, 0.4) is 0 Å². The number of pyridine rings is 1. The van der Waals surface area contributed by atoms with E-state index in [1.54, 1.807) is 19.2 Å². The van der Waals surface area contributed by atoms with Gasteiger partial charge in [0.1, 0.15) is 29.2 Å². The van der Waals surface area contributed by atoms with Crippen molar-refractivity contribution >= 4 is 51.1 Å². The number of anilines is 2. The lowest BCUT2D eigenvalue weighted by molar-refractivity contribution is 0.112. The van der Waals surface area contributed by atoms with Crippen LogP contribution in [0.1, 0.15) is 64.6 Å². The van der Waals surface area contributed by atoms with E-state index in [4.69, 9.17) is 14.4 Å². The van der Waals surface area contributed by atoms with Crippen LogP contribution in [0.2, 0.25) is 0 Å². The Morgan fingerprint density at radius 2 is 1.98 bits per heavy atom. The quantitative estimate of drug-likeness (QED) is 0.158. The Labute approximate surface area is 266 Å². The molecule has 0 radical (unpaired) electrons. The van der Waals surface area contributed by atoms with Gasteiger partial charge in [-0.25, -0.2) is 15.0 Å². The number of aromatic nitrogens is 4. The zero-order chi connectivity index (χ0) is 32.4. The predicted octanol–water partition coefficient (Wildman–Crippen LogP) is 6.50. The molecule has 5 aromatic rings. The molecule has 1 aliphatic rings. The number of hydrogen-bond acceptors (Lipinski definition) is 10. The van der Waals surface area contributed by atoms with Crippen LogP contribution in [0.25, 0.3) is 33.3 Å². The second kappa shape index (κ2) is 12.9. The highest BCUT2D eigenvalue weighted by Gasteiger charge is 2.20. The van der Waals surface area contributed by atoms with Gasteiger partial charge < -0.3 is 20.2 Å². The molecule has 0 amide bonds. The number of aliphatic hydroxyl groups is 1. The molecule has 3 heterocycles. The van der Waals surface area contributed by atoms with Crippen LogP contribution in [0.15, 0.2) is 70.8 Å². The molecule has 0 saturated heterocycles. The number of nitriles is 1. The van der Waals surface area contributed by atoms with E-state index in [-0.39, 0.29) is 5.56 Å². The number of aliphatic hydroxyl groups excluding tert-OH is 1. The Kier molecular flexibility index (Phi) is 8.53. The van der Waals surface area contributed by atoms with Crippen molar-refractivity contribution in [2.75, 3.05) is 11.9 Å². The number of rotatable bonds is 9. The Balaban J connectivity index is 1.35. The average molecular weight is 612 g/mol. The third-order valence-corrected chi connectivity index (χ3v) is 7.90. The highest BCUT2D eigenvalue weighted by atomic mass is 16.3. The van der Waals surface area contributed by atoms with Crippen molar-refractivity contribution in [2.45, 2.75) is 46.8 Å². The summed E-state index contributed by atoms with van der Waals surface area (Å²) in [6, 6.07) is 13.3. The Hall–Kier alpha value is -5.50. The lowest BCUT2D eigenvalue weighted by Crippen LogP contribution is -2.23. The summed E-state index contributed by atoms with van der Waals surface area (Å²) in [7, 11) is 0. The van der Waals surface area contributed by atoms with Crippen LogP contribution in [-0.2, 0) is 6.54 Å². The summed E-state index contributed by atoms with van der Waals surface area (Å²) in [6.45, 7) is 8.77. The molecule has 2 aromatic carbocycles. The number of nitrogens with one attached hydrogen (secondary N) is 2. The maximum Gasteiger partial charge on any atom is 0.227 e. The molecule has 3 N–H and O–H groups in total. The molecule has 0 bridgehead atoms. The molecule has 46 heavy (non-hydrogen) atoms. The summed E-state index contributed by atoms with van der Waals surface area (Å²) in [5.41, 5.74) is 9.59. The molecule has 10 heteroatoms. The Bertz CT molecular complexity index is 2130. The molecule has 1 atom stereocenters. The van der Waals surface area contributed by atoms with Gasteiger partial charge in [0.05, 0.1) is 17.2 Å². The molecule has 1 unspecified atom stereocenters. The fourth-order valence-electron chi connectivity index (χ4n) is 5.64. The van der Waals surface area contributed by atoms with Crippen LogP contribution < -0.4 is 10.6 Å². The average Bonchev–Trinajstić information content (AvgIpc) is 3.37. The van der Waals surface area contributed by atoms with E-state index in [0.717, 1.165) is 44.6 Å². The van der Waals surface area contributed by atoms with Crippen LogP contribution in [0.4, 0.5) is 11.5 Å².